The fraction of sp³-hybridized carbons (Fsp3) is 0.500. The molecule has 0 saturated carbocycles. The van der Waals surface area contributed by atoms with Crippen LogP contribution in [0.25, 0.3) is 0 Å². The summed E-state index contributed by atoms with van der Waals surface area (Å²) in [7, 11) is 3.16. The molecule has 9 nitrogen and oxygen atoms in total. The minimum absolute atomic E-state index is 0.0215. The van der Waals surface area contributed by atoms with Gasteiger partial charge in [-0.25, -0.2) is 9.59 Å². The van der Waals surface area contributed by atoms with Gasteiger partial charge in [0.1, 0.15) is 12.6 Å². The van der Waals surface area contributed by atoms with Crippen molar-refractivity contribution in [3.63, 3.8) is 0 Å². The van der Waals surface area contributed by atoms with Crippen molar-refractivity contribution >= 4 is 18.0 Å². The second-order valence-electron chi connectivity index (χ2n) is 9.50. The number of carbonyl (C=O) groups excluding carboxylic acids is 3. The Kier molecular flexibility index (Phi) is 12.4. The summed E-state index contributed by atoms with van der Waals surface area (Å²) in [6.07, 6.45) is 5.09. The fourth-order valence-corrected chi connectivity index (χ4v) is 4.56. The Labute approximate surface area is 230 Å². The van der Waals surface area contributed by atoms with E-state index in [1.807, 2.05) is 48.5 Å². The number of benzene rings is 2. The molecule has 2 amide bonds. The molecule has 1 aliphatic heterocycles. The van der Waals surface area contributed by atoms with Gasteiger partial charge in [0.2, 0.25) is 5.91 Å². The molecule has 1 heterocycles. The third-order valence-corrected chi connectivity index (χ3v) is 6.73. The van der Waals surface area contributed by atoms with E-state index in [9.17, 15) is 14.4 Å². The van der Waals surface area contributed by atoms with Crippen molar-refractivity contribution in [3.8, 4) is 11.5 Å². The SMILES string of the molecule is COc1ccc(CCOC(=O)C2CCCCN2C(=O)CCCCCNC(=O)OCc2ccccc2)cc1OC. The number of methoxy groups -OCH3 is 2. The van der Waals surface area contributed by atoms with E-state index in [1.165, 1.54) is 0 Å². The highest BCUT2D eigenvalue weighted by molar-refractivity contribution is 5.84. The summed E-state index contributed by atoms with van der Waals surface area (Å²) in [6.45, 7) is 1.52. The number of piperidine rings is 1. The van der Waals surface area contributed by atoms with Crippen molar-refractivity contribution in [1.82, 2.24) is 10.2 Å². The van der Waals surface area contributed by atoms with Gasteiger partial charge < -0.3 is 29.2 Å². The second-order valence-corrected chi connectivity index (χ2v) is 9.50. The van der Waals surface area contributed by atoms with Gasteiger partial charge in [0.05, 0.1) is 20.8 Å². The highest BCUT2D eigenvalue weighted by Gasteiger charge is 2.32. The van der Waals surface area contributed by atoms with Crippen molar-refractivity contribution in [3.05, 3.63) is 59.7 Å². The molecule has 2 aromatic rings. The molecule has 1 unspecified atom stereocenters. The van der Waals surface area contributed by atoms with E-state index in [0.29, 0.717) is 50.3 Å². The molecule has 212 valence electrons. The quantitative estimate of drug-likeness (QED) is 0.275. The van der Waals surface area contributed by atoms with Crippen molar-refractivity contribution in [2.24, 2.45) is 0 Å². The average Bonchev–Trinajstić information content (AvgIpc) is 2.98. The van der Waals surface area contributed by atoms with Crippen LogP contribution in [0, 0.1) is 0 Å². The molecule has 1 saturated heterocycles. The van der Waals surface area contributed by atoms with E-state index in [4.69, 9.17) is 18.9 Å². The topological polar surface area (TPSA) is 103 Å². The molecule has 2 aromatic carbocycles. The zero-order valence-electron chi connectivity index (χ0n) is 23.0. The van der Waals surface area contributed by atoms with Crippen LogP contribution in [0.3, 0.4) is 0 Å². The van der Waals surface area contributed by atoms with Crippen molar-refractivity contribution in [1.29, 1.82) is 0 Å². The molecule has 3 rings (SSSR count). The van der Waals surface area contributed by atoms with E-state index >= 15 is 0 Å². The summed E-state index contributed by atoms with van der Waals surface area (Å²) >= 11 is 0. The largest absolute Gasteiger partial charge is 0.493 e. The molecule has 1 aliphatic rings. The van der Waals surface area contributed by atoms with Gasteiger partial charge in [-0.05, 0) is 55.4 Å². The van der Waals surface area contributed by atoms with Crippen LogP contribution in [-0.4, -0.2) is 62.8 Å². The van der Waals surface area contributed by atoms with Crippen LogP contribution in [0.2, 0.25) is 0 Å². The van der Waals surface area contributed by atoms with Gasteiger partial charge in [-0.3, -0.25) is 4.79 Å². The minimum atomic E-state index is -0.530. The van der Waals surface area contributed by atoms with Gasteiger partial charge in [-0.2, -0.15) is 0 Å². The van der Waals surface area contributed by atoms with Crippen molar-refractivity contribution < 1.29 is 33.3 Å². The highest BCUT2D eigenvalue weighted by Crippen LogP contribution is 2.28. The third-order valence-electron chi connectivity index (χ3n) is 6.73. The number of hydrogen-bond donors (Lipinski definition) is 1. The maximum absolute atomic E-state index is 12.9. The molecule has 0 spiro atoms. The summed E-state index contributed by atoms with van der Waals surface area (Å²) in [5.41, 5.74) is 1.90. The van der Waals surface area contributed by atoms with Gasteiger partial charge in [0.25, 0.3) is 0 Å². The van der Waals surface area contributed by atoms with Crippen LogP contribution in [0.15, 0.2) is 48.5 Å². The summed E-state index contributed by atoms with van der Waals surface area (Å²) in [6, 6.07) is 14.6. The Balaban J connectivity index is 1.33. The number of esters is 1. The van der Waals surface area contributed by atoms with Gasteiger partial charge >= 0.3 is 12.1 Å². The van der Waals surface area contributed by atoms with E-state index in [-0.39, 0.29) is 25.1 Å². The van der Waals surface area contributed by atoms with Gasteiger partial charge in [-0.15, -0.1) is 0 Å². The predicted octanol–water partition coefficient (Wildman–Crippen LogP) is 4.66. The molecule has 9 heteroatoms. The van der Waals surface area contributed by atoms with Gasteiger partial charge in [-0.1, -0.05) is 42.8 Å². The van der Waals surface area contributed by atoms with E-state index in [1.54, 1.807) is 19.1 Å². The molecule has 39 heavy (non-hydrogen) atoms. The zero-order valence-corrected chi connectivity index (χ0v) is 23.0. The van der Waals surface area contributed by atoms with Crippen LogP contribution < -0.4 is 14.8 Å². The number of amides is 2. The number of hydrogen-bond acceptors (Lipinski definition) is 7. The molecule has 1 N–H and O–H groups in total. The monoisotopic (exact) mass is 540 g/mol. The number of likely N-dealkylation sites (tertiary alicyclic amines) is 1. The van der Waals surface area contributed by atoms with E-state index < -0.39 is 12.1 Å². The summed E-state index contributed by atoms with van der Waals surface area (Å²) in [5, 5.41) is 2.74. The molecule has 0 radical (unpaired) electrons. The summed E-state index contributed by atoms with van der Waals surface area (Å²) in [4.78, 5) is 39.2. The average molecular weight is 541 g/mol. The number of nitrogens with one attached hydrogen (secondary N) is 1. The smallest absolute Gasteiger partial charge is 0.407 e. The van der Waals surface area contributed by atoms with E-state index in [2.05, 4.69) is 5.32 Å². The van der Waals surface area contributed by atoms with Crippen molar-refractivity contribution in [2.45, 2.75) is 64.0 Å². The number of carbonyl (C=O) groups is 3. The Hall–Kier alpha value is -3.75. The fourth-order valence-electron chi connectivity index (χ4n) is 4.56. The summed E-state index contributed by atoms with van der Waals surface area (Å²) in [5.74, 6) is 0.907. The summed E-state index contributed by atoms with van der Waals surface area (Å²) < 4.78 is 21.3. The lowest BCUT2D eigenvalue weighted by Gasteiger charge is -2.34. The molecular weight excluding hydrogens is 500 g/mol. The van der Waals surface area contributed by atoms with Crippen LogP contribution in [-0.2, 0) is 32.1 Å². The first kappa shape index (κ1) is 29.8. The van der Waals surface area contributed by atoms with Crippen LogP contribution in [0.1, 0.15) is 56.1 Å². The lowest BCUT2D eigenvalue weighted by atomic mass is 10.0. The maximum Gasteiger partial charge on any atom is 0.407 e. The second kappa shape index (κ2) is 16.3. The van der Waals surface area contributed by atoms with Gasteiger partial charge in [0.15, 0.2) is 11.5 Å². The number of nitrogens with zero attached hydrogens (tertiary/aromatic N) is 1. The first-order chi connectivity index (χ1) is 19.0. The minimum Gasteiger partial charge on any atom is -0.493 e. The lowest BCUT2D eigenvalue weighted by Crippen LogP contribution is -2.48. The molecule has 0 bridgehead atoms. The van der Waals surface area contributed by atoms with Crippen molar-refractivity contribution in [2.75, 3.05) is 33.9 Å². The van der Waals surface area contributed by atoms with Crippen LogP contribution in [0.4, 0.5) is 4.79 Å². The van der Waals surface area contributed by atoms with Gasteiger partial charge in [0, 0.05) is 25.9 Å². The van der Waals surface area contributed by atoms with Crippen LogP contribution >= 0.6 is 0 Å². The number of unbranched alkanes of at least 4 members (excludes halogenated alkanes) is 2. The Bertz CT molecular complexity index is 1060. The molecule has 0 aliphatic carbocycles. The Morgan fingerprint density at radius 1 is 0.897 bits per heavy atom. The highest BCUT2D eigenvalue weighted by atomic mass is 16.5. The lowest BCUT2D eigenvalue weighted by molar-refractivity contribution is -0.157. The molecular formula is C30H40N2O7. The molecule has 1 atom stereocenters. The number of rotatable bonds is 14. The normalized spacial score (nSPS) is 14.8. The first-order valence-corrected chi connectivity index (χ1v) is 13.6. The maximum atomic E-state index is 12.9. The standard InChI is InChI=1S/C30H40N2O7/c1-36-26-16-15-23(21-27(26)37-2)17-20-38-29(34)25-13-8-10-19-32(25)28(33)14-7-4-9-18-31-30(35)39-22-24-11-5-3-6-12-24/h3,5-6,11-12,15-16,21,25H,4,7-10,13-14,17-20,22H2,1-2H3,(H,31,35). The number of alkyl carbamates (subject to hydrolysis) is 1. The zero-order chi connectivity index (χ0) is 27.9. The molecule has 1 fully saturated rings. The van der Waals surface area contributed by atoms with Crippen LogP contribution in [0.5, 0.6) is 11.5 Å². The Morgan fingerprint density at radius 3 is 2.46 bits per heavy atom. The number of ether oxygens (including phenoxy) is 4. The Morgan fingerprint density at radius 2 is 1.69 bits per heavy atom. The third kappa shape index (κ3) is 9.81. The molecule has 0 aromatic heterocycles. The first-order valence-electron chi connectivity index (χ1n) is 13.6. The van der Waals surface area contributed by atoms with E-state index in [0.717, 1.165) is 36.8 Å². The predicted molar refractivity (Wildman–Crippen MR) is 147 cm³/mol.